The van der Waals surface area contributed by atoms with Gasteiger partial charge in [-0.15, -0.1) is 0 Å². The summed E-state index contributed by atoms with van der Waals surface area (Å²) in [6.45, 7) is 5.46. The Bertz CT molecular complexity index is 343. The highest BCUT2D eigenvalue weighted by molar-refractivity contribution is 5.65. The molecule has 15 heavy (non-hydrogen) atoms. The first kappa shape index (κ1) is 10.3. The molecule has 0 saturated carbocycles. The second kappa shape index (κ2) is 4.53. The Morgan fingerprint density at radius 3 is 2.73 bits per heavy atom. The van der Waals surface area contributed by atoms with Gasteiger partial charge in [-0.2, -0.15) is 0 Å². The lowest BCUT2D eigenvalue weighted by Crippen LogP contribution is -2.36. The van der Waals surface area contributed by atoms with E-state index in [2.05, 4.69) is 35.2 Å². The largest absolute Gasteiger partial charge is 0.310 e. The molecule has 0 bridgehead atoms. The molecule has 0 saturated heterocycles. The molecule has 0 amide bonds. The molecule has 1 aromatic heterocycles. The average molecular weight is 203 g/mol. The monoisotopic (exact) mass is 203 g/mol. The molecular weight excluding hydrogens is 186 g/mol. The fourth-order valence-corrected chi connectivity index (χ4v) is 1.90. The van der Waals surface area contributed by atoms with E-state index in [4.69, 9.17) is 0 Å². The van der Waals surface area contributed by atoms with Crippen LogP contribution in [0.2, 0.25) is 0 Å². The Hall–Kier alpha value is -1.22. The van der Waals surface area contributed by atoms with Crippen LogP contribution < -0.4 is 5.32 Å². The molecule has 3 heteroatoms. The van der Waals surface area contributed by atoms with Gasteiger partial charge in [-0.3, -0.25) is 0 Å². The molecule has 1 aliphatic heterocycles. The Morgan fingerprint density at radius 1 is 1.33 bits per heavy atom. The van der Waals surface area contributed by atoms with Gasteiger partial charge in [0.25, 0.3) is 0 Å². The van der Waals surface area contributed by atoms with Gasteiger partial charge in [0.15, 0.2) is 0 Å². The molecule has 1 atom stereocenters. The lowest BCUT2D eigenvalue weighted by molar-refractivity contribution is 0.412. The van der Waals surface area contributed by atoms with Gasteiger partial charge in [-0.05, 0) is 17.9 Å². The van der Waals surface area contributed by atoms with E-state index in [0.717, 1.165) is 18.5 Å². The molecule has 80 valence electrons. The summed E-state index contributed by atoms with van der Waals surface area (Å²) in [5.74, 6) is 0.665. The van der Waals surface area contributed by atoms with Gasteiger partial charge in [-0.25, -0.2) is 9.97 Å². The maximum absolute atomic E-state index is 4.06. The van der Waals surface area contributed by atoms with Gasteiger partial charge in [0, 0.05) is 30.5 Å². The molecule has 0 fully saturated rings. The molecule has 0 spiro atoms. The predicted molar refractivity (Wildman–Crippen MR) is 61.3 cm³/mol. The van der Waals surface area contributed by atoms with Crippen molar-refractivity contribution in [1.82, 2.24) is 15.3 Å². The maximum atomic E-state index is 4.06. The van der Waals surface area contributed by atoms with Crippen LogP contribution in [0.4, 0.5) is 0 Å². The number of hydrogen-bond donors (Lipinski definition) is 1. The summed E-state index contributed by atoms with van der Waals surface area (Å²) in [4.78, 5) is 8.11. The van der Waals surface area contributed by atoms with Gasteiger partial charge >= 0.3 is 0 Å². The summed E-state index contributed by atoms with van der Waals surface area (Å²) < 4.78 is 0. The van der Waals surface area contributed by atoms with Gasteiger partial charge < -0.3 is 5.32 Å². The molecule has 1 aromatic rings. The highest BCUT2D eigenvalue weighted by Gasteiger charge is 2.18. The number of hydrogen-bond acceptors (Lipinski definition) is 3. The number of rotatable bonds is 2. The first-order valence-corrected chi connectivity index (χ1v) is 5.45. The normalized spacial score (nSPS) is 21.5. The quantitative estimate of drug-likeness (QED) is 0.797. The van der Waals surface area contributed by atoms with Gasteiger partial charge in [0.05, 0.1) is 0 Å². The molecule has 0 aliphatic carbocycles. The Kier molecular flexibility index (Phi) is 3.11. The third-order valence-electron chi connectivity index (χ3n) is 2.90. The molecule has 0 aromatic carbocycles. The van der Waals surface area contributed by atoms with E-state index in [-0.39, 0.29) is 0 Å². The van der Waals surface area contributed by atoms with Crippen LogP contribution in [-0.4, -0.2) is 22.6 Å². The fraction of sp³-hybridized carbons (Fsp3) is 0.500. The highest BCUT2D eigenvalue weighted by Crippen LogP contribution is 2.23. The van der Waals surface area contributed by atoms with Crippen LogP contribution in [0.1, 0.15) is 25.8 Å². The predicted octanol–water partition coefficient (Wildman–Crippen LogP) is 1.88. The van der Waals surface area contributed by atoms with Crippen molar-refractivity contribution < 1.29 is 0 Å². The summed E-state index contributed by atoms with van der Waals surface area (Å²) in [6.07, 6.45) is 8.66. The molecule has 1 aliphatic rings. The van der Waals surface area contributed by atoms with Crippen LogP contribution in [0.3, 0.4) is 0 Å². The van der Waals surface area contributed by atoms with Crippen molar-refractivity contribution in [2.24, 2.45) is 5.92 Å². The topological polar surface area (TPSA) is 37.8 Å². The minimum absolute atomic E-state index is 0.574. The molecular formula is C12H17N3. The van der Waals surface area contributed by atoms with Crippen LogP contribution in [-0.2, 0) is 0 Å². The van der Waals surface area contributed by atoms with E-state index in [1.807, 2.05) is 12.4 Å². The van der Waals surface area contributed by atoms with E-state index < -0.39 is 0 Å². The molecule has 2 rings (SSSR count). The van der Waals surface area contributed by atoms with Crippen LogP contribution in [0.15, 0.2) is 24.8 Å². The van der Waals surface area contributed by atoms with Crippen molar-refractivity contribution in [2.75, 3.05) is 6.54 Å². The highest BCUT2D eigenvalue weighted by atomic mass is 14.9. The van der Waals surface area contributed by atoms with Crippen LogP contribution in [0.25, 0.3) is 5.57 Å². The Labute approximate surface area is 90.6 Å². The molecule has 3 nitrogen and oxygen atoms in total. The second-order valence-corrected chi connectivity index (χ2v) is 4.32. The van der Waals surface area contributed by atoms with Crippen LogP contribution in [0, 0.1) is 5.92 Å². The minimum atomic E-state index is 0.574. The third-order valence-corrected chi connectivity index (χ3v) is 2.90. The average Bonchev–Trinajstić information content (AvgIpc) is 2.30. The molecule has 0 radical (unpaired) electrons. The molecule has 1 N–H and O–H groups in total. The van der Waals surface area contributed by atoms with Crippen molar-refractivity contribution in [2.45, 2.75) is 26.3 Å². The maximum Gasteiger partial charge on any atom is 0.115 e. The fourth-order valence-electron chi connectivity index (χ4n) is 1.90. The third kappa shape index (κ3) is 2.42. The van der Waals surface area contributed by atoms with Gasteiger partial charge in [-0.1, -0.05) is 19.9 Å². The van der Waals surface area contributed by atoms with Crippen LogP contribution in [0.5, 0.6) is 0 Å². The zero-order chi connectivity index (χ0) is 10.7. The smallest absolute Gasteiger partial charge is 0.115 e. The van der Waals surface area contributed by atoms with Crippen molar-refractivity contribution in [3.63, 3.8) is 0 Å². The number of nitrogens with one attached hydrogen (secondary N) is 1. The summed E-state index contributed by atoms with van der Waals surface area (Å²) >= 11 is 0. The SMILES string of the molecule is CC(C)C1CC(c2cncnc2)=CCN1. The number of nitrogens with zero attached hydrogens (tertiary/aromatic N) is 2. The van der Waals surface area contributed by atoms with E-state index >= 15 is 0 Å². The lowest BCUT2D eigenvalue weighted by Gasteiger charge is -2.27. The summed E-state index contributed by atoms with van der Waals surface area (Å²) in [5, 5.41) is 3.50. The molecule has 2 heterocycles. The second-order valence-electron chi connectivity index (χ2n) is 4.32. The van der Waals surface area contributed by atoms with Crippen molar-refractivity contribution in [3.05, 3.63) is 30.4 Å². The summed E-state index contributed by atoms with van der Waals surface area (Å²) in [7, 11) is 0. The minimum Gasteiger partial charge on any atom is -0.310 e. The molecule has 1 unspecified atom stereocenters. The van der Waals surface area contributed by atoms with E-state index in [1.165, 1.54) is 5.57 Å². The number of aromatic nitrogens is 2. The summed E-state index contributed by atoms with van der Waals surface area (Å²) in [5.41, 5.74) is 2.53. The lowest BCUT2D eigenvalue weighted by atomic mass is 9.91. The zero-order valence-corrected chi connectivity index (χ0v) is 9.27. The standard InChI is InChI=1S/C12H17N3/c1-9(2)12-5-10(3-4-15-12)11-6-13-8-14-7-11/h3,6-9,12,15H,4-5H2,1-2H3. The van der Waals surface area contributed by atoms with Crippen molar-refractivity contribution in [3.8, 4) is 0 Å². The van der Waals surface area contributed by atoms with E-state index in [1.54, 1.807) is 6.33 Å². The van der Waals surface area contributed by atoms with E-state index in [0.29, 0.717) is 12.0 Å². The Balaban J connectivity index is 2.14. The first-order valence-electron chi connectivity index (χ1n) is 5.45. The van der Waals surface area contributed by atoms with Crippen LogP contribution >= 0.6 is 0 Å². The van der Waals surface area contributed by atoms with Gasteiger partial charge in [0.2, 0.25) is 0 Å². The first-order chi connectivity index (χ1) is 7.27. The van der Waals surface area contributed by atoms with Crippen molar-refractivity contribution >= 4 is 5.57 Å². The van der Waals surface area contributed by atoms with Crippen molar-refractivity contribution in [1.29, 1.82) is 0 Å². The summed E-state index contributed by atoms with van der Waals surface area (Å²) in [6, 6.07) is 0.574. The zero-order valence-electron chi connectivity index (χ0n) is 9.27. The van der Waals surface area contributed by atoms with E-state index in [9.17, 15) is 0 Å². The van der Waals surface area contributed by atoms with Gasteiger partial charge in [0.1, 0.15) is 6.33 Å². The Morgan fingerprint density at radius 2 is 2.07 bits per heavy atom.